The molecule has 0 aliphatic rings. The van der Waals surface area contributed by atoms with Crippen molar-refractivity contribution in [1.29, 1.82) is 0 Å². The van der Waals surface area contributed by atoms with Crippen molar-refractivity contribution in [3.05, 3.63) is 54.1 Å². The van der Waals surface area contributed by atoms with Crippen LogP contribution >= 0.6 is 0 Å². The van der Waals surface area contributed by atoms with E-state index in [4.69, 9.17) is 14.2 Å². The van der Waals surface area contributed by atoms with Crippen molar-refractivity contribution in [3.63, 3.8) is 0 Å². The first-order valence-electron chi connectivity index (χ1n) is 8.88. The van der Waals surface area contributed by atoms with Gasteiger partial charge in [0.1, 0.15) is 11.4 Å². The first-order chi connectivity index (χ1) is 13.7. The van der Waals surface area contributed by atoms with E-state index >= 15 is 0 Å². The van der Waals surface area contributed by atoms with Crippen molar-refractivity contribution in [2.45, 2.75) is 26.4 Å². The number of methoxy groups -OCH3 is 1. The molecule has 0 saturated carbocycles. The van der Waals surface area contributed by atoms with Gasteiger partial charge in [-0.3, -0.25) is 10.1 Å². The number of benzene rings is 2. The van der Waals surface area contributed by atoms with Gasteiger partial charge in [-0.1, -0.05) is 12.1 Å². The van der Waals surface area contributed by atoms with E-state index in [9.17, 15) is 14.4 Å². The SMILES string of the molecule is COc1ccccc1NC(=O)COC(=O)c1ccc(NC(=O)OC(C)(C)C)cc1. The average molecular weight is 400 g/mol. The Balaban J connectivity index is 1.86. The van der Waals surface area contributed by atoms with Crippen molar-refractivity contribution in [2.75, 3.05) is 24.4 Å². The highest BCUT2D eigenvalue weighted by Gasteiger charge is 2.17. The third-order valence-corrected chi connectivity index (χ3v) is 3.48. The van der Waals surface area contributed by atoms with E-state index in [0.29, 0.717) is 17.1 Å². The van der Waals surface area contributed by atoms with Crippen LogP contribution in [0.1, 0.15) is 31.1 Å². The van der Waals surface area contributed by atoms with Gasteiger partial charge in [-0.25, -0.2) is 9.59 Å². The molecule has 8 nitrogen and oxygen atoms in total. The van der Waals surface area contributed by atoms with Crippen molar-refractivity contribution >= 4 is 29.3 Å². The molecule has 8 heteroatoms. The van der Waals surface area contributed by atoms with Gasteiger partial charge < -0.3 is 19.5 Å². The Kier molecular flexibility index (Phi) is 7.19. The zero-order valence-corrected chi connectivity index (χ0v) is 16.8. The Morgan fingerprint density at radius 1 is 0.931 bits per heavy atom. The molecule has 0 aliphatic carbocycles. The van der Waals surface area contributed by atoms with E-state index in [1.54, 1.807) is 45.0 Å². The Labute approximate surface area is 169 Å². The summed E-state index contributed by atoms with van der Waals surface area (Å²) in [6, 6.07) is 12.9. The van der Waals surface area contributed by atoms with Crippen LogP contribution in [-0.2, 0) is 14.3 Å². The molecule has 0 aromatic heterocycles. The summed E-state index contributed by atoms with van der Waals surface area (Å²) in [6.07, 6.45) is -0.596. The highest BCUT2D eigenvalue weighted by atomic mass is 16.6. The van der Waals surface area contributed by atoms with E-state index < -0.39 is 30.2 Å². The van der Waals surface area contributed by atoms with Crippen LogP contribution in [0.2, 0.25) is 0 Å². The first-order valence-corrected chi connectivity index (χ1v) is 8.88. The van der Waals surface area contributed by atoms with Gasteiger partial charge >= 0.3 is 12.1 Å². The number of para-hydroxylation sites is 2. The van der Waals surface area contributed by atoms with E-state index in [2.05, 4.69) is 10.6 Å². The first kappa shape index (κ1) is 21.7. The second-order valence-corrected chi connectivity index (χ2v) is 7.03. The maximum atomic E-state index is 12.1. The van der Waals surface area contributed by atoms with Gasteiger partial charge in [-0.2, -0.15) is 0 Å². The number of carbonyl (C=O) groups is 3. The minimum absolute atomic E-state index is 0.241. The summed E-state index contributed by atoms with van der Waals surface area (Å²) in [7, 11) is 1.49. The van der Waals surface area contributed by atoms with Gasteiger partial charge in [0.2, 0.25) is 0 Å². The van der Waals surface area contributed by atoms with Gasteiger partial charge in [0.15, 0.2) is 6.61 Å². The minimum Gasteiger partial charge on any atom is -0.495 e. The second kappa shape index (κ2) is 9.59. The average Bonchev–Trinajstić information content (AvgIpc) is 2.65. The number of ether oxygens (including phenoxy) is 3. The lowest BCUT2D eigenvalue weighted by Gasteiger charge is -2.19. The normalized spacial score (nSPS) is 10.6. The highest BCUT2D eigenvalue weighted by molar-refractivity contribution is 5.96. The number of amides is 2. The fourth-order valence-electron chi connectivity index (χ4n) is 2.26. The molecule has 154 valence electrons. The molecule has 2 rings (SSSR count). The standard InChI is InChI=1S/C21H24N2O6/c1-21(2,3)29-20(26)22-15-11-9-14(10-12-15)19(25)28-13-18(24)23-16-7-5-6-8-17(16)27-4/h5-12H,13H2,1-4H3,(H,22,26)(H,23,24). The number of hydrogen-bond donors (Lipinski definition) is 2. The molecular weight excluding hydrogens is 376 g/mol. The van der Waals surface area contributed by atoms with E-state index in [1.165, 1.54) is 31.4 Å². The lowest BCUT2D eigenvalue weighted by molar-refractivity contribution is -0.119. The molecule has 0 bridgehead atoms. The number of anilines is 2. The lowest BCUT2D eigenvalue weighted by Crippen LogP contribution is -2.27. The van der Waals surface area contributed by atoms with Crippen molar-refractivity contribution in [3.8, 4) is 5.75 Å². The molecule has 2 aromatic carbocycles. The Bertz CT molecular complexity index is 871. The predicted molar refractivity (Wildman–Crippen MR) is 108 cm³/mol. The molecule has 0 spiro atoms. The van der Waals surface area contributed by atoms with Gasteiger partial charge in [0.05, 0.1) is 18.4 Å². The van der Waals surface area contributed by atoms with Crippen molar-refractivity contribution in [2.24, 2.45) is 0 Å². The van der Waals surface area contributed by atoms with Crippen LogP contribution in [-0.4, -0.2) is 37.3 Å². The van der Waals surface area contributed by atoms with Crippen molar-refractivity contribution < 1.29 is 28.6 Å². The molecule has 2 amide bonds. The molecule has 2 N–H and O–H groups in total. The zero-order valence-electron chi connectivity index (χ0n) is 16.8. The third-order valence-electron chi connectivity index (χ3n) is 3.48. The predicted octanol–water partition coefficient (Wildman–Crippen LogP) is 3.84. The molecule has 0 saturated heterocycles. The van der Waals surface area contributed by atoms with Crippen LogP contribution in [0.25, 0.3) is 0 Å². The fraction of sp³-hybridized carbons (Fsp3) is 0.286. The van der Waals surface area contributed by atoms with E-state index in [-0.39, 0.29) is 5.56 Å². The smallest absolute Gasteiger partial charge is 0.412 e. The van der Waals surface area contributed by atoms with Crippen molar-refractivity contribution in [1.82, 2.24) is 0 Å². The van der Waals surface area contributed by atoms with Crippen LogP contribution < -0.4 is 15.4 Å². The maximum absolute atomic E-state index is 12.1. The molecule has 2 aromatic rings. The molecular formula is C21H24N2O6. The van der Waals surface area contributed by atoms with Crippen LogP contribution in [0.15, 0.2) is 48.5 Å². The topological polar surface area (TPSA) is 103 Å². The summed E-state index contributed by atoms with van der Waals surface area (Å²) >= 11 is 0. The van der Waals surface area contributed by atoms with Crippen LogP contribution in [0.4, 0.5) is 16.2 Å². The molecule has 0 unspecified atom stereocenters. The number of hydrogen-bond acceptors (Lipinski definition) is 6. The largest absolute Gasteiger partial charge is 0.495 e. The number of nitrogens with one attached hydrogen (secondary N) is 2. The Hall–Kier alpha value is -3.55. The van der Waals surface area contributed by atoms with Gasteiger partial charge in [0.25, 0.3) is 5.91 Å². The summed E-state index contributed by atoms with van der Waals surface area (Å²) in [4.78, 5) is 35.8. The molecule has 0 fully saturated rings. The summed E-state index contributed by atoms with van der Waals surface area (Å²) in [5.41, 5.74) is 0.571. The quantitative estimate of drug-likeness (QED) is 0.714. The van der Waals surface area contributed by atoms with Crippen LogP contribution in [0.5, 0.6) is 5.75 Å². The molecule has 0 heterocycles. The van der Waals surface area contributed by atoms with Gasteiger partial charge in [0, 0.05) is 5.69 Å². The highest BCUT2D eigenvalue weighted by Crippen LogP contribution is 2.22. The maximum Gasteiger partial charge on any atom is 0.412 e. The number of esters is 1. The number of rotatable bonds is 6. The fourth-order valence-corrected chi connectivity index (χ4v) is 2.26. The molecule has 0 radical (unpaired) electrons. The second-order valence-electron chi connectivity index (χ2n) is 7.03. The van der Waals surface area contributed by atoms with Crippen LogP contribution in [0.3, 0.4) is 0 Å². The molecule has 0 aliphatic heterocycles. The lowest BCUT2D eigenvalue weighted by atomic mass is 10.2. The molecule has 29 heavy (non-hydrogen) atoms. The summed E-state index contributed by atoms with van der Waals surface area (Å²) in [6.45, 7) is 4.83. The summed E-state index contributed by atoms with van der Waals surface area (Å²) < 4.78 is 15.3. The molecule has 0 atom stereocenters. The van der Waals surface area contributed by atoms with Gasteiger partial charge in [-0.05, 0) is 57.2 Å². The van der Waals surface area contributed by atoms with Crippen LogP contribution in [0, 0.1) is 0 Å². The van der Waals surface area contributed by atoms with Gasteiger partial charge in [-0.15, -0.1) is 0 Å². The Morgan fingerprint density at radius 3 is 2.21 bits per heavy atom. The van der Waals surface area contributed by atoms with E-state index in [0.717, 1.165) is 0 Å². The minimum atomic E-state index is -0.663. The Morgan fingerprint density at radius 2 is 1.59 bits per heavy atom. The zero-order chi connectivity index (χ0) is 21.4. The number of carbonyl (C=O) groups excluding carboxylic acids is 3. The monoisotopic (exact) mass is 400 g/mol. The summed E-state index contributed by atoms with van der Waals surface area (Å²) in [5, 5.41) is 5.18. The summed E-state index contributed by atoms with van der Waals surface area (Å²) in [5.74, 6) is -0.657. The third kappa shape index (κ3) is 7.17. The van der Waals surface area contributed by atoms with E-state index in [1.807, 2.05) is 0 Å².